The molecule has 11 nitrogen and oxygen atoms in total. The van der Waals surface area contributed by atoms with Gasteiger partial charge in [-0.2, -0.15) is 0 Å². The number of carbonyl (C=O) groups excluding carboxylic acids is 2. The highest BCUT2D eigenvalue weighted by Gasteiger charge is 2.24. The Labute approximate surface area is 352 Å². The lowest BCUT2D eigenvalue weighted by atomic mass is 10.0. The first-order valence-corrected chi connectivity index (χ1v) is 20.3. The van der Waals surface area contributed by atoms with Gasteiger partial charge in [0, 0.05) is 118 Å². The van der Waals surface area contributed by atoms with Gasteiger partial charge in [0.05, 0.1) is 22.8 Å². The van der Waals surface area contributed by atoms with Crippen LogP contribution in [0.4, 0.5) is 0 Å². The largest absolute Gasteiger partial charge is 0.354 e. The van der Waals surface area contributed by atoms with Gasteiger partial charge in [0.25, 0.3) is 11.8 Å². The zero-order valence-corrected chi connectivity index (χ0v) is 34.1. The predicted molar refractivity (Wildman–Crippen MR) is 235 cm³/mol. The lowest BCUT2D eigenvalue weighted by Crippen LogP contribution is -2.37. The third-order valence-corrected chi connectivity index (χ3v) is 11.4. The molecular weight excluding hydrogens is 759 g/mol. The fourth-order valence-electron chi connectivity index (χ4n) is 8.26. The number of rotatable bonds is 8. The number of aromatic nitrogens is 8. The van der Waals surface area contributed by atoms with E-state index in [1.54, 1.807) is 0 Å². The van der Waals surface area contributed by atoms with Crippen molar-refractivity contribution in [2.24, 2.45) is 21.1 Å². The topological polar surface area (TPSA) is 110 Å². The van der Waals surface area contributed by atoms with Gasteiger partial charge in [-0.3, -0.25) is 14.5 Å². The number of aryl methyl sites for hydroxylation is 4. The number of nitrogens with zero attached hydrogens (tertiary/aromatic N) is 7. The Kier molecular flexibility index (Phi) is 9.40. The highest BCUT2D eigenvalue weighted by molar-refractivity contribution is 6.12. The summed E-state index contributed by atoms with van der Waals surface area (Å²) in [6.07, 6.45) is 28.1. The first-order chi connectivity index (χ1) is 29.8. The fourth-order valence-corrected chi connectivity index (χ4v) is 8.26. The molecule has 0 unspecified atom stereocenters. The van der Waals surface area contributed by atoms with Gasteiger partial charge in [-0.15, -0.1) is 0 Å². The molecule has 0 atom stereocenters. The minimum absolute atomic E-state index is 0.258. The number of carbonyl (C=O) groups is 2. The second-order valence-electron chi connectivity index (χ2n) is 15.6. The number of nitrogens with one attached hydrogen (secondary N) is 2. The molecule has 0 aliphatic carbocycles. The molecule has 296 valence electrons. The number of aromatic amines is 2. The van der Waals surface area contributed by atoms with E-state index in [0.29, 0.717) is 19.5 Å². The van der Waals surface area contributed by atoms with Gasteiger partial charge >= 0.3 is 0 Å². The predicted octanol–water partition coefficient (Wildman–Crippen LogP) is 6.40. The van der Waals surface area contributed by atoms with Crippen LogP contribution in [0.2, 0.25) is 0 Å². The number of hydrogen-bond donors (Lipinski definition) is 2. The lowest BCUT2D eigenvalue weighted by Gasteiger charge is -2.12. The fraction of sp³-hybridized carbons (Fsp3) is 0.120. The van der Waals surface area contributed by atoms with Gasteiger partial charge in [0.1, 0.15) is 27.7 Å². The van der Waals surface area contributed by atoms with Gasteiger partial charge in [-0.1, -0.05) is 0 Å². The highest BCUT2D eigenvalue weighted by Crippen LogP contribution is 2.38. The second kappa shape index (κ2) is 15.4. The van der Waals surface area contributed by atoms with E-state index in [-0.39, 0.29) is 11.8 Å². The minimum atomic E-state index is -0.258. The summed E-state index contributed by atoms with van der Waals surface area (Å²) in [5, 5.41) is 0. The van der Waals surface area contributed by atoms with Crippen molar-refractivity contribution in [2.45, 2.75) is 13.0 Å². The summed E-state index contributed by atoms with van der Waals surface area (Å²) in [6.45, 7) is 1.01. The molecule has 3 aliphatic heterocycles. The maximum Gasteiger partial charge on any atom is 0.253 e. The molecule has 7 aromatic heterocycles. The normalized spacial score (nSPS) is 13.2. The SMILES string of the molecule is C[n+]1ccc(-c2c3nc(c(-c4cc[n+](CCCN5C(=O)C=CC5=O)cc4)c4nc(c(-c5cc[n+](C)cc5)c5ccc([nH]5)c(-c5cc[n+](C)cc5)c5ccc2[nH]5)C=C4)C=C3)cc1. The van der Waals surface area contributed by atoms with E-state index in [1.807, 2.05) is 47.2 Å². The molecule has 61 heavy (non-hydrogen) atoms. The van der Waals surface area contributed by atoms with Crippen molar-refractivity contribution >= 4 is 58.2 Å². The average Bonchev–Trinajstić information content (AvgIpc) is 4.14. The van der Waals surface area contributed by atoms with Crippen molar-refractivity contribution in [3.05, 3.63) is 157 Å². The summed E-state index contributed by atoms with van der Waals surface area (Å²) in [5.74, 6) is -0.516. The van der Waals surface area contributed by atoms with Crippen LogP contribution < -0.4 is 18.3 Å². The van der Waals surface area contributed by atoms with Crippen molar-refractivity contribution in [1.82, 2.24) is 24.8 Å². The zero-order chi connectivity index (χ0) is 41.6. The highest BCUT2D eigenvalue weighted by atomic mass is 16.2. The molecule has 0 saturated carbocycles. The van der Waals surface area contributed by atoms with Crippen LogP contribution in [-0.2, 0) is 37.3 Å². The Bertz CT molecular complexity index is 2990. The molecule has 2 N–H and O–H groups in total. The summed E-state index contributed by atoms with van der Waals surface area (Å²) in [5.41, 5.74) is 15.1. The zero-order valence-electron chi connectivity index (χ0n) is 34.1. The van der Waals surface area contributed by atoms with Crippen LogP contribution >= 0.6 is 0 Å². The van der Waals surface area contributed by atoms with Gasteiger partial charge in [-0.05, 0) is 70.8 Å². The molecule has 3 aliphatic rings. The van der Waals surface area contributed by atoms with E-state index in [1.165, 1.54) is 17.1 Å². The van der Waals surface area contributed by atoms with Gasteiger partial charge < -0.3 is 9.97 Å². The summed E-state index contributed by atoms with van der Waals surface area (Å²) < 4.78 is 8.17. The van der Waals surface area contributed by atoms with E-state index in [9.17, 15) is 9.59 Å². The Hall–Kier alpha value is -7.92. The van der Waals surface area contributed by atoms with Crippen molar-refractivity contribution in [2.75, 3.05) is 6.54 Å². The molecule has 0 radical (unpaired) electrons. The van der Waals surface area contributed by atoms with Crippen LogP contribution in [0, 0.1) is 0 Å². The molecule has 11 heteroatoms. The number of H-pyrrole nitrogens is 2. The molecule has 0 spiro atoms. The number of imide groups is 1. The minimum Gasteiger partial charge on any atom is -0.354 e. The van der Waals surface area contributed by atoms with Crippen LogP contribution in [0.5, 0.6) is 0 Å². The number of hydrogen-bond acceptors (Lipinski definition) is 4. The lowest BCUT2D eigenvalue weighted by molar-refractivity contribution is -0.697. The third-order valence-electron chi connectivity index (χ3n) is 11.4. The van der Waals surface area contributed by atoms with Crippen molar-refractivity contribution in [1.29, 1.82) is 0 Å². The standard InChI is InChI=1S/C50H42N9O2/c1-55-25-15-33(16-26-55)47-37-5-7-39(51-37)48(34-17-27-56(2)28-18-34)41-9-11-43(53-41)50(36-21-31-58(32-22-36)23-4-24-59-45(60)13-14-46(59)61)44-12-10-42(54-44)49(40-8-6-38(47)52-40)35-19-29-57(3)30-20-35/h5-22,25-32H,4,23-24H2,1-3H3,(H,51,52,53,54)/q+3/p+1. The molecular formula is C50H43N9O2+4. The second-order valence-corrected chi connectivity index (χ2v) is 15.6. The maximum absolute atomic E-state index is 12.1. The molecule has 10 heterocycles. The molecule has 10 rings (SSSR count). The average molecular weight is 802 g/mol. The molecule has 0 fully saturated rings. The van der Waals surface area contributed by atoms with Crippen LogP contribution in [0.1, 0.15) is 29.2 Å². The Balaban J connectivity index is 1.23. The smallest absolute Gasteiger partial charge is 0.253 e. The number of amides is 2. The van der Waals surface area contributed by atoms with Crippen molar-refractivity contribution in [3.63, 3.8) is 0 Å². The molecule has 0 aromatic carbocycles. The quantitative estimate of drug-likeness (QED) is 0.137. The van der Waals surface area contributed by atoms with Crippen molar-refractivity contribution in [3.8, 4) is 44.5 Å². The summed E-state index contributed by atoms with van der Waals surface area (Å²) in [7, 11) is 6.06. The van der Waals surface area contributed by atoms with Crippen LogP contribution in [0.15, 0.2) is 135 Å². The molecule has 7 aromatic rings. The van der Waals surface area contributed by atoms with E-state index >= 15 is 0 Å². The Morgan fingerprint density at radius 2 is 0.787 bits per heavy atom. The number of fused-ring (bicyclic) bond motifs is 8. The van der Waals surface area contributed by atoms with Crippen LogP contribution in [0.25, 0.3) is 90.9 Å². The maximum atomic E-state index is 12.1. The summed E-state index contributed by atoms with van der Waals surface area (Å²) in [4.78, 5) is 44.0. The first kappa shape index (κ1) is 37.4. The van der Waals surface area contributed by atoms with Crippen LogP contribution in [-0.4, -0.2) is 43.2 Å². The Morgan fingerprint density at radius 1 is 0.443 bits per heavy atom. The molecule has 0 saturated heterocycles. The van der Waals surface area contributed by atoms with E-state index in [2.05, 4.69) is 149 Å². The molecule has 2 amide bonds. The van der Waals surface area contributed by atoms with Crippen LogP contribution in [0.3, 0.4) is 0 Å². The van der Waals surface area contributed by atoms with E-state index in [0.717, 1.165) is 89.4 Å². The summed E-state index contributed by atoms with van der Waals surface area (Å²) in [6, 6.07) is 25.6. The molecule has 8 bridgehead atoms. The van der Waals surface area contributed by atoms with E-state index < -0.39 is 0 Å². The third kappa shape index (κ3) is 7.16. The monoisotopic (exact) mass is 801 g/mol. The van der Waals surface area contributed by atoms with Gasteiger partial charge in [0.15, 0.2) is 49.6 Å². The van der Waals surface area contributed by atoms with Gasteiger partial charge in [-0.25, -0.2) is 28.2 Å². The van der Waals surface area contributed by atoms with E-state index in [4.69, 9.17) is 9.97 Å². The van der Waals surface area contributed by atoms with Crippen molar-refractivity contribution < 1.29 is 27.9 Å². The first-order valence-electron chi connectivity index (χ1n) is 20.3. The Morgan fingerprint density at radius 3 is 1.21 bits per heavy atom. The summed E-state index contributed by atoms with van der Waals surface area (Å²) >= 11 is 0. The number of pyridine rings is 4. The van der Waals surface area contributed by atoms with Gasteiger partial charge in [0.2, 0.25) is 0 Å².